The number of anilines is 1. The Kier molecular flexibility index (Phi) is 4.98. The van der Waals surface area contributed by atoms with E-state index >= 15 is 0 Å². The van der Waals surface area contributed by atoms with E-state index in [0.29, 0.717) is 21.6 Å². The Morgan fingerprint density at radius 1 is 1.19 bits per heavy atom. The Balaban J connectivity index is 2.23. The second kappa shape index (κ2) is 7.05. The van der Waals surface area contributed by atoms with Crippen LogP contribution in [0.3, 0.4) is 0 Å². The highest BCUT2D eigenvalue weighted by molar-refractivity contribution is 7.98. The Morgan fingerprint density at radius 2 is 1.85 bits per heavy atom. The predicted octanol–water partition coefficient (Wildman–Crippen LogP) is 3.90. The summed E-state index contributed by atoms with van der Waals surface area (Å²) in [6.07, 6.45) is 1.88. The molecular weight excluding hydrogens is 372 g/mol. The molecule has 0 bridgehead atoms. The highest BCUT2D eigenvalue weighted by atomic mass is 35.5. The van der Waals surface area contributed by atoms with Crippen LogP contribution in [0.25, 0.3) is 10.9 Å². The van der Waals surface area contributed by atoms with E-state index in [0.717, 1.165) is 4.90 Å². The zero-order chi connectivity index (χ0) is 19.0. The molecule has 0 aliphatic heterocycles. The summed E-state index contributed by atoms with van der Waals surface area (Å²) in [5.74, 6) is -0.873. The van der Waals surface area contributed by atoms with E-state index in [1.54, 1.807) is 44.4 Å². The first kappa shape index (κ1) is 18.4. The third kappa shape index (κ3) is 2.95. The minimum Gasteiger partial charge on any atom is -0.506 e. The number of hydrogen-bond donors (Lipinski definition) is 1. The molecule has 0 saturated carbocycles. The van der Waals surface area contributed by atoms with Crippen molar-refractivity contribution in [3.8, 4) is 5.75 Å². The molecule has 3 aromatic rings. The molecule has 3 rings (SSSR count). The lowest BCUT2D eigenvalue weighted by Crippen LogP contribution is -2.34. The number of carbonyl (C=O) groups is 1. The number of amides is 1. The molecule has 0 radical (unpaired) electrons. The van der Waals surface area contributed by atoms with Crippen molar-refractivity contribution in [3.05, 3.63) is 63.4 Å². The summed E-state index contributed by atoms with van der Waals surface area (Å²) in [4.78, 5) is 27.9. The lowest BCUT2D eigenvalue weighted by atomic mass is 10.1. The number of thioether (sulfide) groups is 1. The predicted molar refractivity (Wildman–Crippen MR) is 107 cm³/mol. The summed E-state index contributed by atoms with van der Waals surface area (Å²) in [6.45, 7) is 0. The van der Waals surface area contributed by atoms with Crippen molar-refractivity contribution in [2.24, 2.45) is 7.05 Å². The average Bonchev–Trinajstić information content (AvgIpc) is 2.65. The molecule has 0 saturated heterocycles. The number of aromatic nitrogens is 1. The van der Waals surface area contributed by atoms with Crippen molar-refractivity contribution in [1.29, 1.82) is 0 Å². The first-order valence-corrected chi connectivity index (χ1v) is 9.39. The van der Waals surface area contributed by atoms with Gasteiger partial charge in [0.15, 0.2) is 0 Å². The van der Waals surface area contributed by atoms with Gasteiger partial charge in [0.2, 0.25) is 0 Å². The molecule has 0 unspecified atom stereocenters. The highest BCUT2D eigenvalue weighted by Gasteiger charge is 2.25. The molecule has 5 nitrogen and oxygen atoms in total. The van der Waals surface area contributed by atoms with Crippen LogP contribution in [0.2, 0.25) is 5.02 Å². The number of pyridine rings is 1. The maximum absolute atomic E-state index is 13.0. The normalized spacial score (nSPS) is 10.9. The van der Waals surface area contributed by atoms with Gasteiger partial charge in [-0.25, -0.2) is 0 Å². The van der Waals surface area contributed by atoms with Crippen molar-refractivity contribution in [1.82, 2.24) is 4.57 Å². The van der Waals surface area contributed by atoms with Crippen LogP contribution in [0, 0.1) is 0 Å². The Labute approximate surface area is 159 Å². The molecule has 0 fully saturated rings. The van der Waals surface area contributed by atoms with E-state index in [-0.39, 0.29) is 11.3 Å². The zero-order valence-electron chi connectivity index (χ0n) is 14.5. The van der Waals surface area contributed by atoms with E-state index in [1.807, 2.05) is 18.4 Å². The second-order valence-electron chi connectivity index (χ2n) is 5.78. The maximum atomic E-state index is 13.0. The average molecular weight is 389 g/mol. The first-order valence-electron chi connectivity index (χ1n) is 7.79. The van der Waals surface area contributed by atoms with Gasteiger partial charge in [-0.3, -0.25) is 9.59 Å². The number of rotatable bonds is 3. The van der Waals surface area contributed by atoms with E-state index in [9.17, 15) is 14.7 Å². The van der Waals surface area contributed by atoms with Gasteiger partial charge < -0.3 is 14.6 Å². The smallest absolute Gasteiger partial charge is 0.267 e. The summed E-state index contributed by atoms with van der Waals surface area (Å²) in [6, 6.07) is 12.1. The standard InChI is InChI=1S/C19H17ClN2O3S/c1-21(12-9-7-11(20)8-10-12)18(24)16-17(23)15-13(22(2)19(16)25)5-4-6-14(15)26-3/h4-10,23H,1-3H3. The lowest BCUT2D eigenvalue weighted by Gasteiger charge is -2.19. The fourth-order valence-electron chi connectivity index (χ4n) is 2.85. The highest BCUT2D eigenvalue weighted by Crippen LogP contribution is 2.34. The summed E-state index contributed by atoms with van der Waals surface area (Å²) < 4.78 is 1.39. The van der Waals surface area contributed by atoms with E-state index in [1.165, 1.54) is 21.2 Å². The number of aromatic hydroxyl groups is 1. The van der Waals surface area contributed by atoms with Crippen molar-refractivity contribution in [3.63, 3.8) is 0 Å². The second-order valence-corrected chi connectivity index (χ2v) is 7.07. The molecule has 0 aliphatic rings. The SMILES string of the molecule is CSc1cccc2c1c(O)c(C(=O)N(C)c1ccc(Cl)cc1)c(=O)n2C. The number of hydrogen-bond acceptors (Lipinski definition) is 4. The molecule has 1 heterocycles. The molecule has 2 aromatic carbocycles. The molecule has 1 aromatic heterocycles. The van der Waals surface area contributed by atoms with Crippen LogP contribution in [0.5, 0.6) is 5.75 Å². The van der Waals surface area contributed by atoms with Gasteiger partial charge >= 0.3 is 0 Å². The summed E-state index contributed by atoms with van der Waals surface area (Å²) >= 11 is 7.32. The van der Waals surface area contributed by atoms with Gasteiger partial charge in [0.25, 0.3) is 11.5 Å². The molecule has 0 spiro atoms. The molecule has 0 aliphatic carbocycles. The van der Waals surface area contributed by atoms with Gasteiger partial charge in [0.05, 0.1) is 10.9 Å². The summed E-state index contributed by atoms with van der Waals surface area (Å²) in [5.41, 5.74) is 0.349. The Hall–Kier alpha value is -2.44. The molecule has 134 valence electrons. The molecular formula is C19H17ClN2O3S. The van der Waals surface area contributed by atoms with Crippen molar-refractivity contribution in [2.45, 2.75) is 4.90 Å². The minimum absolute atomic E-state index is 0.251. The van der Waals surface area contributed by atoms with Crippen LogP contribution in [0.4, 0.5) is 5.69 Å². The number of carbonyl (C=O) groups excluding carboxylic acids is 1. The first-order chi connectivity index (χ1) is 12.4. The lowest BCUT2D eigenvalue weighted by molar-refractivity contribution is 0.0988. The van der Waals surface area contributed by atoms with Gasteiger partial charge in [0, 0.05) is 29.7 Å². The van der Waals surface area contributed by atoms with Gasteiger partial charge in [0.1, 0.15) is 11.3 Å². The van der Waals surface area contributed by atoms with Gasteiger partial charge in [-0.2, -0.15) is 0 Å². The van der Waals surface area contributed by atoms with Crippen molar-refractivity contribution < 1.29 is 9.90 Å². The monoisotopic (exact) mass is 388 g/mol. The molecule has 1 amide bonds. The number of fused-ring (bicyclic) bond motifs is 1. The fourth-order valence-corrected chi connectivity index (χ4v) is 3.60. The van der Waals surface area contributed by atoms with Crippen LogP contribution >= 0.6 is 23.4 Å². The van der Waals surface area contributed by atoms with Crippen molar-refractivity contribution in [2.75, 3.05) is 18.2 Å². The number of benzene rings is 2. The topological polar surface area (TPSA) is 62.5 Å². The quantitative estimate of drug-likeness (QED) is 0.691. The third-order valence-corrected chi connectivity index (χ3v) is 5.34. The van der Waals surface area contributed by atoms with Crippen LogP contribution in [-0.4, -0.2) is 28.9 Å². The van der Waals surface area contributed by atoms with Crippen LogP contribution in [-0.2, 0) is 7.05 Å². The van der Waals surface area contributed by atoms with Crippen LogP contribution in [0.1, 0.15) is 10.4 Å². The van der Waals surface area contributed by atoms with Gasteiger partial charge in [-0.05, 0) is 42.7 Å². The number of nitrogens with zero attached hydrogens (tertiary/aromatic N) is 2. The minimum atomic E-state index is -0.580. The van der Waals surface area contributed by atoms with E-state index in [2.05, 4.69) is 0 Å². The number of halogens is 1. The fraction of sp³-hybridized carbons (Fsp3) is 0.158. The summed E-state index contributed by atoms with van der Waals surface area (Å²) in [5, 5.41) is 11.8. The summed E-state index contributed by atoms with van der Waals surface area (Å²) in [7, 11) is 3.14. The van der Waals surface area contributed by atoms with Crippen molar-refractivity contribution >= 4 is 45.9 Å². The number of aryl methyl sites for hydroxylation is 1. The van der Waals surface area contributed by atoms with Crippen LogP contribution in [0.15, 0.2) is 52.2 Å². The molecule has 0 atom stereocenters. The molecule has 7 heteroatoms. The van der Waals surface area contributed by atoms with E-state index < -0.39 is 11.5 Å². The Bertz CT molecular complexity index is 1060. The molecule has 1 N–H and O–H groups in total. The Morgan fingerprint density at radius 3 is 2.46 bits per heavy atom. The largest absolute Gasteiger partial charge is 0.506 e. The maximum Gasteiger partial charge on any atom is 0.267 e. The zero-order valence-corrected chi connectivity index (χ0v) is 16.1. The van der Waals surface area contributed by atoms with Crippen LogP contribution < -0.4 is 10.5 Å². The van der Waals surface area contributed by atoms with Gasteiger partial charge in [-0.1, -0.05) is 17.7 Å². The molecule has 26 heavy (non-hydrogen) atoms. The third-order valence-electron chi connectivity index (χ3n) is 4.31. The van der Waals surface area contributed by atoms with Gasteiger partial charge in [-0.15, -0.1) is 11.8 Å². The van der Waals surface area contributed by atoms with E-state index in [4.69, 9.17) is 11.6 Å².